The van der Waals surface area contributed by atoms with Crippen LogP contribution in [-0.2, 0) is 21.1 Å². The standard InChI is InChI=1S/C4H10.CH4.W/c1-4(2)3;;/h4H,1-3H3;1H4;. The van der Waals surface area contributed by atoms with Gasteiger partial charge in [-0.05, 0) is 5.92 Å². The van der Waals surface area contributed by atoms with Crippen molar-refractivity contribution in [3.05, 3.63) is 0 Å². The smallest absolute Gasteiger partial charge is 0 e. The molecule has 0 atom stereocenters. The Bertz CT molecular complexity index is 8.66. The summed E-state index contributed by atoms with van der Waals surface area (Å²) in [4.78, 5) is 0. The molecule has 0 saturated carbocycles. The van der Waals surface area contributed by atoms with Gasteiger partial charge in [-0.3, -0.25) is 0 Å². The molecule has 0 aliphatic heterocycles. The monoisotopic (exact) mass is 258 g/mol. The first-order chi connectivity index (χ1) is 1.73. The van der Waals surface area contributed by atoms with E-state index in [9.17, 15) is 0 Å². The minimum absolute atomic E-state index is 0. The second kappa shape index (κ2) is 9.19. The van der Waals surface area contributed by atoms with Gasteiger partial charge in [-0.15, -0.1) is 0 Å². The van der Waals surface area contributed by atoms with Gasteiger partial charge >= 0.3 is 0 Å². The normalized spacial score (nSPS) is 6.00. The van der Waals surface area contributed by atoms with Crippen molar-refractivity contribution in [2.45, 2.75) is 28.2 Å². The molecule has 6 heavy (non-hydrogen) atoms. The van der Waals surface area contributed by atoms with E-state index in [2.05, 4.69) is 20.8 Å². The third-order valence-electron chi connectivity index (χ3n) is 0. The van der Waals surface area contributed by atoms with Gasteiger partial charge in [0.25, 0.3) is 0 Å². The fourth-order valence-corrected chi connectivity index (χ4v) is 0. The summed E-state index contributed by atoms with van der Waals surface area (Å²) in [5.41, 5.74) is 0. The Balaban J connectivity index is -0.0000000450. The molecule has 0 amide bonds. The van der Waals surface area contributed by atoms with Crippen LogP contribution >= 0.6 is 0 Å². The molecule has 0 aliphatic rings. The molecule has 0 nitrogen and oxygen atoms in total. The Morgan fingerprint density at radius 1 is 1.00 bits per heavy atom. The Kier molecular flexibility index (Phi) is 24.4. The SMILES string of the molecule is C.CC(C)C.[W]. The van der Waals surface area contributed by atoms with Crippen LogP contribution in [0.25, 0.3) is 0 Å². The molecule has 0 aliphatic carbocycles. The van der Waals surface area contributed by atoms with E-state index >= 15 is 0 Å². The van der Waals surface area contributed by atoms with Gasteiger partial charge in [0, 0.05) is 21.1 Å². The molecule has 40 valence electrons. The number of hydrogen-bond acceptors (Lipinski definition) is 0. The summed E-state index contributed by atoms with van der Waals surface area (Å²) in [7, 11) is 0. The van der Waals surface area contributed by atoms with Gasteiger partial charge < -0.3 is 0 Å². The van der Waals surface area contributed by atoms with Gasteiger partial charge in [-0.25, -0.2) is 0 Å². The predicted molar refractivity (Wildman–Crippen MR) is 27.2 cm³/mol. The molecule has 0 saturated heterocycles. The zero-order valence-corrected chi connectivity index (χ0v) is 6.92. The van der Waals surface area contributed by atoms with Crippen molar-refractivity contribution in [2.75, 3.05) is 0 Å². The molecule has 0 radical (unpaired) electrons. The maximum atomic E-state index is 2.17. The largest absolute Gasteiger partial charge is 0.0776 e. The first-order valence-corrected chi connectivity index (χ1v) is 1.73. The molecule has 0 bridgehead atoms. The van der Waals surface area contributed by atoms with Gasteiger partial charge in [0.2, 0.25) is 0 Å². The summed E-state index contributed by atoms with van der Waals surface area (Å²) in [5.74, 6) is 0.833. The minimum atomic E-state index is 0. The fourth-order valence-electron chi connectivity index (χ4n) is 0. The summed E-state index contributed by atoms with van der Waals surface area (Å²) in [6.45, 7) is 6.50. The quantitative estimate of drug-likeness (QED) is 0.625. The second-order valence-electron chi connectivity index (χ2n) is 1.73. The minimum Gasteiger partial charge on any atom is -0.0776 e. The topological polar surface area (TPSA) is 0 Å². The van der Waals surface area contributed by atoms with Crippen molar-refractivity contribution < 1.29 is 21.1 Å². The van der Waals surface area contributed by atoms with Gasteiger partial charge in [0.15, 0.2) is 0 Å². The first kappa shape index (κ1) is 15.9. The van der Waals surface area contributed by atoms with Gasteiger partial charge in [-0.2, -0.15) is 0 Å². The maximum Gasteiger partial charge on any atom is 0 e. The van der Waals surface area contributed by atoms with Gasteiger partial charge in [-0.1, -0.05) is 28.2 Å². The molecule has 1 heteroatoms. The van der Waals surface area contributed by atoms with E-state index < -0.39 is 0 Å². The van der Waals surface area contributed by atoms with E-state index in [4.69, 9.17) is 0 Å². The predicted octanol–water partition coefficient (Wildman–Crippen LogP) is 2.30. The summed E-state index contributed by atoms with van der Waals surface area (Å²) < 4.78 is 0. The Labute approximate surface area is 55.6 Å². The molecule has 0 heterocycles. The summed E-state index contributed by atoms with van der Waals surface area (Å²) in [5, 5.41) is 0. The molecule has 0 fully saturated rings. The first-order valence-electron chi connectivity index (χ1n) is 1.73. The summed E-state index contributed by atoms with van der Waals surface area (Å²) in [6, 6.07) is 0. The van der Waals surface area contributed by atoms with Crippen LogP contribution in [0.3, 0.4) is 0 Å². The Morgan fingerprint density at radius 3 is 1.00 bits per heavy atom. The van der Waals surface area contributed by atoms with E-state index in [0.717, 1.165) is 5.92 Å². The van der Waals surface area contributed by atoms with Crippen molar-refractivity contribution in [1.29, 1.82) is 0 Å². The Morgan fingerprint density at radius 2 is 1.00 bits per heavy atom. The van der Waals surface area contributed by atoms with Crippen LogP contribution < -0.4 is 0 Å². The summed E-state index contributed by atoms with van der Waals surface area (Å²) in [6.07, 6.45) is 0. The van der Waals surface area contributed by atoms with Crippen LogP contribution in [-0.4, -0.2) is 0 Å². The molecule has 0 spiro atoms. The molecule has 0 aromatic heterocycles. The van der Waals surface area contributed by atoms with Crippen molar-refractivity contribution in [3.63, 3.8) is 0 Å². The second-order valence-corrected chi connectivity index (χ2v) is 1.73. The molecular formula is C5H14W. The molecule has 0 N–H and O–H groups in total. The average Bonchev–Trinajstić information content (AvgIpc) is 0.811. The molecule has 0 rings (SSSR count). The number of hydrogen-bond donors (Lipinski definition) is 0. The van der Waals surface area contributed by atoms with Gasteiger partial charge in [0.05, 0.1) is 0 Å². The molecule has 0 aromatic rings. The van der Waals surface area contributed by atoms with Crippen LogP contribution in [0.1, 0.15) is 28.2 Å². The fraction of sp³-hybridized carbons (Fsp3) is 1.00. The molecule has 0 unspecified atom stereocenters. The number of rotatable bonds is 0. The van der Waals surface area contributed by atoms with Gasteiger partial charge in [0.1, 0.15) is 0 Å². The van der Waals surface area contributed by atoms with Crippen LogP contribution in [0.5, 0.6) is 0 Å². The van der Waals surface area contributed by atoms with Crippen LogP contribution in [0.15, 0.2) is 0 Å². The van der Waals surface area contributed by atoms with Crippen molar-refractivity contribution in [2.24, 2.45) is 5.92 Å². The average molecular weight is 258 g/mol. The third kappa shape index (κ3) is 135. The summed E-state index contributed by atoms with van der Waals surface area (Å²) >= 11 is 0. The van der Waals surface area contributed by atoms with E-state index in [0.29, 0.717) is 0 Å². The Hall–Kier alpha value is 0.688. The van der Waals surface area contributed by atoms with Crippen molar-refractivity contribution in [1.82, 2.24) is 0 Å². The van der Waals surface area contributed by atoms with E-state index in [1.807, 2.05) is 0 Å². The van der Waals surface area contributed by atoms with Crippen molar-refractivity contribution >= 4 is 0 Å². The molecule has 0 aromatic carbocycles. The van der Waals surface area contributed by atoms with Crippen molar-refractivity contribution in [3.8, 4) is 0 Å². The zero-order valence-electron chi connectivity index (χ0n) is 3.99. The van der Waals surface area contributed by atoms with E-state index in [-0.39, 0.29) is 28.5 Å². The molecular weight excluding hydrogens is 244 g/mol. The van der Waals surface area contributed by atoms with Crippen LogP contribution in [0.4, 0.5) is 0 Å². The van der Waals surface area contributed by atoms with Crippen LogP contribution in [0, 0.1) is 5.92 Å². The van der Waals surface area contributed by atoms with E-state index in [1.165, 1.54) is 0 Å². The third-order valence-corrected chi connectivity index (χ3v) is 0. The van der Waals surface area contributed by atoms with E-state index in [1.54, 1.807) is 0 Å². The zero-order chi connectivity index (χ0) is 3.58. The van der Waals surface area contributed by atoms with Crippen LogP contribution in [0.2, 0.25) is 0 Å². The maximum absolute atomic E-state index is 2.17.